The third-order valence-electron chi connectivity index (χ3n) is 2.55. The quantitative estimate of drug-likeness (QED) is 0.789. The van der Waals surface area contributed by atoms with E-state index in [-0.39, 0.29) is 0 Å². The van der Waals surface area contributed by atoms with E-state index in [0.717, 1.165) is 38.7 Å². The first-order valence-electron chi connectivity index (χ1n) is 5.33. The van der Waals surface area contributed by atoms with E-state index < -0.39 is 0 Å². The summed E-state index contributed by atoms with van der Waals surface area (Å²) >= 11 is 0. The number of nitrogens with one attached hydrogen (secondary N) is 1. The minimum absolute atomic E-state index is 0.801. The summed E-state index contributed by atoms with van der Waals surface area (Å²) < 4.78 is 5.34. The van der Waals surface area contributed by atoms with Crippen LogP contribution in [0.5, 0.6) is 0 Å². The second-order valence-electron chi connectivity index (χ2n) is 3.62. The molecule has 0 spiro atoms. The fraction of sp³-hybridized carbons (Fsp3) is 0.545. The van der Waals surface area contributed by atoms with Crippen LogP contribution in [0, 0.1) is 0 Å². The normalized spacial score (nSPS) is 16.7. The van der Waals surface area contributed by atoms with Crippen molar-refractivity contribution < 1.29 is 4.74 Å². The van der Waals surface area contributed by atoms with E-state index in [1.165, 1.54) is 5.56 Å². The van der Waals surface area contributed by atoms with Gasteiger partial charge in [-0.2, -0.15) is 0 Å². The number of aromatic nitrogens is 1. The summed E-state index contributed by atoms with van der Waals surface area (Å²) in [4.78, 5) is 6.74. The molecule has 0 atom stereocenters. The molecule has 0 aromatic carbocycles. The number of morpholine rings is 1. The number of rotatable bonds is 3. The highest BCUT2D eigenvalue weighted by Gasteiger charge is 2.14. The number of anilines is 1. The SMILES string of the molecule is CNCc1cccnc1N1CCOCC1. The van der Waals surface area contributed by atoms with Crippen LogP contribution in [0.3, 0.4) is 0 Å². The van der Waals surface area contributed by atoms with Crippen LogP contribution < -0.4 is 10.2 Å². The molecule has 1 N–H and O–H groups in total. The summed E-state index contributed by atoms with van der Waals surface area (Å²) in [5.74, 6) is 1.09. The van der Waals surface area contributed by atoms with Gasteiger partial charge < -0.3 is 15.0 Å². The minimum atomic E-state index is 0.801. The zero-order chi connectivity index (χ0) is 10.5. The average Bonchev–Trinajstić information content (AvgIpc) is 2.31. The van der Waals surface area contributed by atoms with Gasteiger partial charge in [0.2, 0.25) is 0 Å². The first-order valence-corrected chi connectivity index (χ1v) is 5.33. The van der Waals surface area contributed by atoms with Crippen molar-refractivity contribution in [1.29, 1.82) is 0 Å². The molecule has 82 valence electrons. The van der Waals surface area contributed by atoms with Crippen molar-refractivity contribution in [3.63, 3.8) is 0 Å². The summed E-state index contributed by atoms with van der Waals surface area (Å²) in [6.07, 6.45) is 1.85. The van der Waals surface area contributed by atoms with Gasteiger partial charge >= 0.3 is 0 Å². The molecule has 0 amide bonds. The minimum Gasteiger partial charge on any atom is -0.378 e. The molecular weight excluding hydrogens is 190 g/mol. The molecule has 0 aliphatic carbocycles. The summed E-state index contributed by atoms with van der Waals surface area (Å²) in [5, 5.41) is 3.17. The predicted octanol–water partition coefficient (Wildman–Crippen LogP) is 0.638. The Balaban J connectivity index is 2.17. The third-order valence-corrected chi connectivity index (χ3v) is 2.55. The summed E-state index contributed by atoms with van der Waals surface area (Å²) in [5.41, 5.74) is 1.25. The van der Waals surface area contributed by atoms with E-state index in [4.69, 9.17) is 4.74 Å². The van der Waals surface area contributed by atoms with Gasteiger partial charge in [0.1, 0.15) is 5.82 Å². The smallest absolute Gasteiger partial charge is 0.133 e. The second kappa shape index (κ2) is 5.09. The van der Waals surface area contributed by atoms with Gasteiger partial charge in [0.15, 0.2) is 0 Å². The zero-order valence-corrected chi connectivity index (χ0v) is 9.07. The standard InChI is InChI=1S/C11H17N3O/c1-12-9-10-3-2-4-13-11(10)14-5-7-15-8-6-14/h2-4,12H,5-9H2,1H3. The van der Waals surface area contributed by atoms with E-state index >= 15 is 0 Å². The third kappa shape index (κ3) is 2.46. The second-order valence-corrected chi connectivity index (χ2v) is 3.62. The monoisotopic (exact) mass is 207 g/mol. The molecule has 0 saturated carbocycles. The molecule has 1 saturated heterocycles. The molecule has 0 radical (unpaired) electrons. The molecule has 0 unspecified atom stereocenters. The first-order chi connectivity index (χ1) is 7.42. The molecular formula is C11H17N3O. The molecule has 15 heavy (non-hydrogen) atoms. The fourth-order valence-electron chi connectivity index (χ4n) is 1.82. The highest BCUT2D eigenvalue weighted by atomic mass is 16.5. The Bertz CT molecular complexity index is 310. The fourth-order valence-corrected chi connectivity index (χ4v) is 1.82. The molecule has 2 heterocycles. The molecule has 1 aromatic rings. The largest absolute Gasteiger partial charge is 0.378 e. The Kier molecular flexibility index (Phi) is 3.53. The Morgan fingerprint density at radius 1 is 1.47 bits per heavy atom. The summed E-state index contributed by atoms with van der Waals surface area (Å²) in [6.45, 7) is 4.34. The predicted molar refractivity (Wildman–Crippen MR) is 60.0 cm³/mol. The highest BCUT2D eigenvalue weighted by Crippen LogP contribution is 2.17. The Morgan fingerprint density at radius 2 is 2.27 bits per heavy atom. The molecule has 0 bridgehead atoms. The Hall–Kier alpha value is -1.13. The van der Waals surface area contributed by atoms with E-state index in [1.807, 2.05) is 19.3 Å². The van der Waals surface area contributed by atoms with Crippen LogP contribution in [0.4, 0.5) is 5.82 Å². The van der Waals surface area contributed by atoms with Crippen LogP contribution >= 0.6 is 0 Å². The van der Waals surface area contributed by atoms with E-state index in [2.05, 4.69) is 21.3 Å². The number of hydrogen-bond acceptors (Lipinski definition) is 4. The van der Waals surface area contributed by atoms with Crippen LogP contribution in [-0.4, -0.2) is 38.3 Å². The summed E-state index contributed by atoms with van der Waals surface area (Å²) in [6, 6.07) is 4.10. The van der Waals surface area contributed by atoms with Gasteiger partial charge in [-0.3, -0.25) is 0 Å². The Labute approximate surface area is 90.3 Å². The molecule has 1 aromatic heterocycles. The van der Waals surface area contributed by atoms with E-state index in [0.29, 0.717) is 0 Å². The van der Waals surface area contributed by atoms with Gasteiger partial charge in [-0.15, -0.1) is 0 Å². The zero-order valence-electron chi connectivity index (χ0n) is 9.07. The molecule has 1 aliphatic rings. The van der Waals surface area contributed by atoms with Crippen molar-refractivity contribution in [3.8, 4) is 0 Å². The highest BCUT2D eigenvalue weighted by molar-refractivity contribution is 5.46. The molecule has 4 nitrogen and oxygen atoms in total. The van der Waals surface area contributed by atoms with Crippen molar-refractivity contribution in [1.82, 2.24) is 10.3 Å². The molecule has 4 heteroatoms. The number of pyridine rings is 1. The van der Waals surface area contributed by atoms with Crippen molar-refractivity contribution in [2.75, 3.05) is 38.3 Å². The van der Waals surface area contributed by atoms with Crippen LogP contribution in [-0.2, 0) is 11.3 Å². The molecule has 1 aliphatic heterocycles. The van der Waals surface area contributed by atoms with Crippen LogP contribution in [0.15, 0.2) is 18.3 Å². The maximum Gasteiger partial charge on any atom is 0.133 e. The van der Waals surface area contributed by atoms with Crippen molar-refractivity contribution >= 4 is 5.82 Å². The van der Waals surface area contributed by atoms with E-state index in [9.17, 15) is 0 Å². The van der Waals surface area contributed by atoms with Gasteiger partial charge in [-0.25, -0.2) is 4.98 Å². The first kappa shape index (κ1) is 10.4. The lowest BCUT2D eigenvalue weighted by atomic mass is 10.2. The lowest BCUT2D eigenvalue weighted by Gasteiger charge is -2.29. The molecule has 1 fully saturated rings. The van der Waals surface area contributed by atoms with Crippen molar-refractivity contribution in [3.05, 3.63) is 23.9 Å². The Morgan fingerprint density at radius 3 is 3.00 bits per heavy atom. The number of nitrogens with zero attached hydrogens (tertiary/aromatic N) is 2. The maximum atomic E-state index is 5.34. The van der Waals surface area contributed by atoms with Gasteiger partial charge in [-0.1, -0.05) is 6.07 Å². The lowest BCUT2D eigenvalue weighted by Crippen LogP contribution is -2.37. The maximum absolute atomic E-state index is 5.34. The number of ether oxygens (including phenoxy) is 1. The van der Waals surface area contributed by atoms with Crippen molar-refractivity contribution in [2.24, 2.45) is 0 Å². The van der Waals surface area contributed by atoms with Crippen LogP contribution in [0.25, 0.3) is 0 Å². The topological polar surface area (TPSA) is 37.4 Å². The molecule has 2 rings (SSSR count). The van der Waals surface area contributed by atoms with Gasteiger partial charge in [-0.05, 0) is 13.1 Å². The van der Waals surface area contributed by atoms with E-state index in [1.54, 1.807) is 0 Å². The lowest BCUT2D eigenvalue weighted by molar-refractivity contribution is 0.122. The van der Waals surface area contributed by atoms with Gasteiger partial charge in [0, 0.05) is 31.4 Å². The average molecular weight is 207 g/mol. The van der Waals surface area contributed by atoms with Crippen molar-refractivity contribution in [2.45, 2.75) is 6.54 Å². The van der Waals surface area contributed by atoms with Gasteiger partial charge in [0.05, 0.1) is 13.2 Å². The number of hydrogen-bond donors (Lipinski definition) is 1. The van der Waals surface area contributed by atoms with Crippen LogP contribution in [0.1, 0.15) is 5.56 Å². The van der Waals surface area contributed by atoms with Gasteiger partial charge in [0.25, 0.3) is 0 Å². The van der Waals surface area contributed by atoms with Crippen LogP contribution in [0.2, 0.25) is 0 Å². The summed E-state index contributed by atoms with van der Waals surface area (Å²) in [7, 11) is 1.95.